The second kappa shape index (κ2) is 7.67. The van der Waals surface area contributed by atoms with Crippen molar-refractivity contribution in [3.63, 3.8) is 0 Å². The van der Waals surface area contributed by atoms with Gasteiger partial charge in [0.1, 0.15) is 5.82 Å². The van der Waals surface area contributed by atoms with E-state index in [0.29, 0.717) is 17.1 Å². The highest BCUT2D eigenvalue weighted by Crippen LogP contribution is 2.25. The van der Waals surface area contributed by atoms with Crippen LogP contribution in [0.5, 0.6) is 0 Å². The standard InChI is InChI=1S/C23H19FN4O/c1-15-7-6-10-20(16(15)2)28-22(17-11-13-18(24)14-12-17)26-21(27-28)23(29)25-19-8-4-3-5-9-19/h3-14H,1-2H3,(H,25,29). The van der Waals surface area contributed by atoms with Crippen LogP contribution in [0.25, 0.3) is 17.1 Å². The summed E-state index contributed by atoms with van der Waals surface area (Å²) in [6.07, 6.45) is 0. The highest BCUT2D eigenvalue weighted by molar-refractivity contribution is 6.01. The lowest BCUT2D eigenvalue weighted by Crippen LogP contribution is -2.14. The van der Waals surface area contributed by atoms with Crippen molar-refractivity contribution in [2.24, 2.45) is 0 Å². The topological polar surface area (TPSA) is 59.8 Å². The van der Waals surface area contributed by atoms with Crippen LogP contribution in [0.15, 0.2) is 72.8 Å². The molecular formula is C23H19FN4O. The number of carbonyl (C=O) groups is 1. The third-order valence-corrected chi connectivity index (χ3v) is 4.75. The van der Waals surface area contributed by atoms with Gasteiger partial charge in [-0.1, -0.05) is 30.3 Å². The van der Waals surface area contributed by atoms with E-state index in [-0.39, 0.29) is 11.6 Å². The minimum Gasteiger partial charge on any atom is -0.319 e. The number of nitrogens with one attached hydrogen (secondary N) is 1. The predicted octanol–water partition coefficient (Wildman–Crippen LogP) is 4.94. The fourth-order valence-electron chi connectivity index (χ4n) is 3.04. The molecule has 0 atom stereocenters. The zero-order valence-electron chi connectivity index (χ0n) is 16.1. The number of nitrogens with zero attached hydrogens (tertiary/aromatic N) is 3. The number of amides is 1. The Kier molecular flexibility index (Phi) is 4.91. The summed E-state index contributed by atoms with van der Waals surface area (Å²) in [5, 5.41) is 7.28. The van der Waals surface area contributed by atoms with E-state index in [9.17, 15) is 9.18 Å². The maximum absolute atomic E-state index is 13.4. The lowest BCUT2D eigenvalue weighted by atomic mass is 10.1. The summed E-state index contributed by atoms with van der Waals surface area (Å²) in [6, 6.07) is 21.0. The molecule has 1 aromatic heterocycles. The largest absolute Gasteiger partial charge is 0.319 e. The van der Waals surface area contributed by atoms with Crippen LogP contribution in [-0.4, -0.2) is 20.7 Å². The molecule has 0 radical (unpaired) electrons. The number of hydrogen-bond donors (Lipinski definition) is 1. The molecule has 0 fully saturated rings. The monoisotopic (exact) mass is 386 g/mol. The molecule has 5 nitrogen and oxygen atoms in total. The molecule has 1 heterocycles. The van der Waals surface area contributed by atoms with Crippen molar-refractivity contribution in [2.45, 2.75) is 13.8 Å². The molecule has 0 aliphatic heterocycles. The van der Waals surface area contributed by atoms with E-state index in [1.54, 1.807) is 28.9 Å². The smallest absolute Gasteiger partial charge is 0.295 e. The molecule has 0 aliphatic carbocycles. The number of aromatic nitrogens is 3. The number of aryl methyl sites for hydroxylation is 1. The number of carbonyl (C=O) groups excluding carboxylic acids is 1. The summed E-state index contributed by atoms with van der Waals surface area (Å²) < 4.78 is 15.0. The molecule has 0 spiro atoms. The van der Waals surface area contributed by atoms with Gasteiger partial charge in [0.2, 0.25) is 5.82 Å². The Labute approximate surface area is 167 Å². The number of benzene rings is 3. The van der Waals surface area contributed by atoms with Gasteiger partial charge < -0.3 is 5.32 Å². The number of para-hydroxylation sites is 1. The van der Waals surface area contributed by atoms with Crippen LogP contribution < -0.4 is 5.32 Å². The Morgan fingerprint density at radius 2 is 1.66 bits per heavy atom. The van der Waals surface area contributed by atoms with Gasteiger partial charge in [0, 0.05) is 11.3 Å². The third-order valence-electron chi connectivity index (χ3n) is 4.75. The van der Waals surface area contributed by atoms with E-state index in [1.807, 2.05) is 50.2 Å². The maximum atomic E-state index is 13.4. The van der Waals surface area contributed by atoms with Crippen molar-refractivity contribution in [3.05, 3.63) is 95.6 Å². The van der Waals surface area contributed by atoms with Crippen molar-refractivity contribution in [1.82, 2.24) is 14.8 Å². The first-order chi connectivity index (χ1) is 14.0. The summed E-state index contributed by atoms with van der Waals surface area (Å²) in [4.78, 5) is 17.2. The second-order valence-corrected chi connectivity index (χ2v) is 6.72. The van der Waals surface area contributed by atoms with E-state index in [4.69, 9.17) is 0 Å². The minimum atomic E-state index is -0.413. The van der Waals surface area contributed by atoms with Gasteiger partial charge in [-0.05, 0) is 67.4 Å². The van der Waals surface area contributed by atoms with Gasteiger partial charge in [-0.3, -0.25) is 4.79 Å². The molecule has 29 heavy (non-hydrogen) atoms. The van der Waals surface area contributed by atoms with Crippen LogP contribution in [0.4, 0.5) is 10.1 Å². The lowest BCUT2D eigenvalue weighted by molar-refractivity contribution is 0.101. The Bertz CT molecular complexity index is 1170. The SMILES string of the molecule is Cc1cccc(-n2nc(C(=O)Nc3ccccc3)nc2-c2ccc(F)cc2)c1C. The van der Waals surface area contributed by atoms with Crippen molar-refractivity contribution < 1.29 is 9.18 Å². The summed E-state index contributed by atoms with van der Waals surface area (Å²) in [5.74, 6) is -0.247. The molecule has 0 saturated carbocycles. The van der Waals surface area contributed by atoms with Crippen molar-refractivity contribution in [1.29, 1.82) is 0 Å². The fourth-order valence-corrected chi connectivity index (χ4v) is 3.04. The highest BCUT2D eigenvalue weighted by atomic mass is 19.1. The quantitative estimate of drug-likeness (QED) is 0.540. The molecular weight excluding hydrogens is 367 g/mol. The van der Waals surface area contributed by atoms with Gasteiger partial charge in [-0.25, -0.2) is 14.1 Å². The Morgan fingerprint density at radius 1 is 0.931 bits per heavy atom. The first kappa shape index (κ1) is 18.6. The molecule has 6 heteroatoms. The zero-order chi connectivity index (χ0) is 20.4. The summed E-state index contributed by atoms with van der Waals surface area (Å²) in [6.45, 7) is 4.00. The van der Waals surface area contributed by atoms with Crippen molar-refractivity contribution in [3.8, 4) is 17.1 Å². The highest BCUT2D eigenvalue weighted by Gasteiger charge is 2.20. The Morgan fingerprint density at radius 3 is 2.38 bits per heavy atom. The summed E-state index contributed by atoms with van der Waals surface area (Å²) in [7, 11) is 0. The van der Waals surface area contributed by atoms with Crippen molar-refractivity contribution in [2.75, 3.05) is 5.32 Å². The van der Waals surface area contributed by atoms with E-state index < -0.39 is 5.91 Å². The molecule has 1 N–H and O–H groups in total. The van der Waals surface area contributed by atoms with Crippen LogP contribution >= 0.6 is 0 Å². The molecule has 4 aromatic rings. The van der Waals surface area contributed by atoms with Crippen LogP contribution in [0.3, 0.4) is 0 Å². The maximum Gasteiger partial charge on any atom is 0.295 e. The molecule has 0 saturated heterocycles. The van der Waals surface area contributed by atoms with Crippen LogP contribution in [0.2, 0.25) is 0 Å². The molecule has 1 amide bonds. The van der Waals surface area contributed by atoms with Gasteiger partial charge in [0.05, 0.1) is 5.69 Å². The lowest BCUT2D eigenvalue weighted by Gasteiger charge is -2.11. The third kappa shape index (κ3) is 3.78. The van der Waals surface area contributed by atoms with Gasteiger partial charge in [0.15, 0.2) is 5.82 Å². The van der Waals surface area contributed by atoms with Gasteiger partial charge >= 0.3 is 0 Å². The fraction of sp³-hybridized carbons (Fsp3) is 0.0870. The van der Waals surface area contributed by atoms with Crippen LogP contribution in [0.1, 0.15) is 21.7 Å². The summed E-state index contributed by atoms with van der Waals surface area (Å²) in [5.41, 5.74) is 4.26. The average Bonchev–Trinajstić information content (AvgIpc) is 3.17. The van der Waals surface area contributed by atoms with Gasteiger partial charge in [0.25, 0.3) is 5.91 Å². The molecule has 144 valence electrons. The molecule has 4 rings (SSSR count). The van der Waals surface area contributed by atoms with Gasteiger partial charge in [-0.15, -0.1) is 5.10 Å². The van der Waals surface area contributed by atoms with Crippen molar-refractivity contribution >= 4 is 11.6 Å². The summed E-state index contributed by atoms with van der Waals surface area (Å²) >= 11 is 0. The first-order valence-electron chi connectivity index (χ1n) is 9.19. The number of anilines is 1. The first-order valence-corrected chi connectivity index (χ1v) is 9.19. The Hall–Kier alpha value is -3.80. The molecule has 0 bridgehead atoms. The number of hydrogen-bond acceptors (Lipinski definition) is 3. The Balaban J connectivity index is 1.81. The van der Waals surface area contributed by atoms with E-state index in [1.165, 1.54) is 12.1 Å². The molecule has 0 aliphatic rings. The predicted molar refractivity (Wildman–Crippen MR) is 111 cm³/mol. The van der Waals surface area contributed by atoms with Crippen LogP contribution in [0, 0.1) is 19.7 Å². The van der Waals surface area contributed by atoms with E-state index in [2.05, 4.69) is 15.4 Å². The number of rotatable bonds is 4. The minimum absolute atomic E-state index is 0.0362. The zero-order valence-corrected chi connectivity index (χ0v) is 16.1. The average molecular weight is 386 g/mol. The normalized spacial score (nSPS) is 10.7. The van der Waals surface area contributed by atoms with Crippen LogP contribution in [-0.2, 0) is 0 Å². The van der Waals surface area contributed by atoms with E-state index >= 15 is 0 Å². The van der Waals surface area contributed by atoms with Gasteiger partial charge in [-0.2, -0.15) is 0 Å². The molecule has 3 aromatic carbocycles. The second-order valence-electron chi connectivity index (χ2n) is 6.72. The number of halogens is 1. The molecule has 0 unspecified atom stereocenters. The van der Waals surface area contributed by atoms with E-state index in [0.717, 1.165) is 16.8 Å².